The summed E-state index contributed by atoms with van der Waals surface area (Å²) < 4.78 is 0. The lowest BCUT2D eigenvalue weighted by atomic mass is 9.90. The number of hydrogen-bond donors (Lipinski definition) is 2. The highest BCUT2D eigenvalue weighted by molar-refractivity contribution is 5.96. The molecule has 3 rings (SSSR count). The number of anilines is 1. The molecule has 2 N–H and O–H groups in total. The van der Waals surface area contributed by atoms with Crippen LogP contribution in [0.2, 0.25) is 0 Å². The topological polar surface area (TPSA) is 54.0 Å². The van der Waals surface area contributed by atoms with Crippen molar-refractivity contribution in [3.05, 3.63) is 59.4 Å². The van der Waals surface area contributed by atoms with E-state index in [1.807, 2.05) is 37.3 Å². The first kappa shape index (κ1) is 12.8. The molecule has 102 valence electrons. The zero-order valence-electron chi connectivity index (χ0n) is 11.4. The van der Waals surface area contributed by atoms with E-state index in [0.717, 1.165) is 23.5 Å². The molecule has 1 atom stereocenters. The maximum atomic E-state index is 12.5. The summed E-state index contributed by atoms with van der Waals surface area (Å²) in [6, 6.07) is 11.8. The molecule has 0 saturated carbocycles. The number of hydrogen-bond acceptors (Lipinski definition) is 3. The maximum Gasteiger partial charge on any atom is 0.233 e. The molecule has 20 heavy (non-hydrogen) atoms. The van der Waals surface area contributed by atoms with E-state index < -0.39 is 0 Å². The highest BCUT2D eigenvalue weighted by atomic mass is 16.1. The van der Waals surface area contributed by atoms with Crippen LogP contribution in [-0.4, -0.2) is 17.4 Å². The van der Waals surface area contributed by atoms with Crippen LogP contribution in [0.3, 0.4) is 0 Å². The number of amides is 1. The molecule has 0 spiro atoms. The second-order valence-electron chi connectivity index (χ2n) is 5.06. The molecule has 1 aromatic carbocycles. The first-order chi connectivity index (χ1) is 9.74. The fraction of sp³-hybridized carbons (Fsp3) is 0.250. The molecule has 4 heteroatoms. The minimum atomic E-state index is -0.145. The van der Waals surface area contributed by atoms with E-state index in [-0.39, 0.29) is 11.8 Å². The zero-order chi connectivity index (χ0) is 13.9. The van der Waals surface area contributed by atoms with Gasteiger partial charge in [-0.05, 0) is 30.2 Å². The number of benzene rings is 1. The van der Waals surface area contributed by atoms with Crippen LogP contribution in [0.15, 0.2) is 42.6 Å². The van der Waals surface area contributed by atoms with E-state index in [4.69, 9.17) is 0 Å². The van der Waals surface area contributed by atoms with E-state index in [0.29, 0.717) is 6.54 Å². The second kappa shape index (κ2) is 5.43. The van der Waals surface area contributed by atoms with Crippen molar-refractivity contribution in [2.45, 2.75) is 19.4 Å². The molecule has 0 radical (unpaired) electrons. The van der Waals surface area contributed by atoms with Crippen molar-refractivity contribution < 1.29 is 4.79 Å². The second-order valence-corrected chi connectivity index (χ2v) is 5.06. The van der Waals surface area contributed by atoms with Gasteiger partial charge in [-0.2, -0.15) is 0 Å². The Balaban J connectivity index is 1.82. The van der Waals surface area contributed by atoms with Gasteiger partial charge in [-0.3, -0.25) is 9.78 Å². The van der Waals surface area contributed by atoms with Crippen molar-refractivity contribution in [3.63, 3.8) is 0 Å². The third-order valence-electron chi connectivity index (χ3n) is 3.58. The summed E-state index contributed by atoms with van der Waals surface area (Å²) in [6.45, 7) is 3.41. The Morgan fingerprint density at radius 3 is 3.05 bits per heavy atom. The van der Waals surface area contributed by atoms with Crippen molar-refractivity contribution in [1.82, 2.24) is 10.3 Å². The molecule has 0 fully saturated rings. The summed E-state index contributed by atoms with van der Waals surface area (Å²) in [5.41, 5.74) is 4.01. The number of nitrogens with one attached hydrogen (secondary N) is 2. The summed E-state index contributed by atoms with van der Waals surface area (Å²) in [4.78, 5) is 16.6. The Kier molecular flexibility index (Phi) is 3.48. The van der Waals surface area contributed by atoms with Gasteiger partial charge in [0, 0.05) is 30.7 Å². The lowest BCUT2D eigenvalue weighted by molar-refractivity contribution is -0.117. The van der Waals surface area contributed by atoms with Crippen molar-refractivity contribution in [3.8, 4) is 0 Å². The smallest absolute Gasteiger partial charge is 0.233 e. The van der Waals surface area contributed by atoms with E-state index in [9.17, 15) is 4.79 Å². The summed E-state index contributed by atoms with van der Waals surface area (Å²) in [6.07, 6.45) is 1.71. The molecule has 1 unspecified atom stereocenters. The standard InChI is InChI=1S/C16H17N3O/c1-11-8-13(6-7-18-11)19-16(20)15-10-17-9-12-4-2-3-5-14(12)15/h2-8,15,17H,9-10H2,1H3,(H,18,19,20). The number of fused-ring (bicyclic) bond motifs is 1. The Labute approximate surface area is 118 Å². The van der Waals surface area contributed by atoms with Crippen LogP contribution < -0.4 is 10.6 Å². The van der Waals surface area contributed by atoms with Gasteiger partial charge < -0.3 is 10.6 Å². The number of pyridine rings is 1. The quantitative estimate of drug-likeness (QED) is 0.877. The van der Waals surface area contributed by atoms with Crippen LogP contribution in [0, 0.1) is 6.92 Å². The predicted octanol–water partition coefficient (Wildman–Crippen LogP) is 2.22. The fourth-order valence-electron chi connectivity index (χ4n) is 2.58. The summed E-state index contributed by atoms with van der Waals surface area (Å²) in [7, 11) is 0. The summed E-state index contributed by atoms with van der Waals surface area (Å²) in [5, 5.41) is 6.27. The Morgan fingerprint density at radius 1 is 1.35 bits per heavy atom. The van der Waals surface area contributed by atoms with Gasteiger partial charge >= 0.3 is 0 Å². The van der Waals surface area contributed by atoms with E-state index in [1.165, 1.54) is 5.56 Å². The molecule has 0 bridgehead atoms. The number of rotatable bonds is 2. The van der Waals surface area contributed by atoms with Gasteiger partial charge in [0.15, 0.2) is 0 Å². The van der Waals surface area contributed by atoms with Gasteiger partial charge in [-0.15, -0.1) is 0 Å². The van der Waals surface area contributed by atoms with Crippen molar-refractivity contribution in [2.75, 3.05) is 11.9 Å². The fourth-order valence-corrected chi connectivity index (χ4v) is 2.58. The van der Waals surface area contributed by atoms with Crippen molar-refractivity contribution in [1.29, 1.82) is 0 Å². The van der Waals surface area contributed by atoms with Crippen LogP contribution in [0.25, 0.3) is 0 Å². The number of carbonyl (C=O) groups is 1. The number of carbonyl (C=O) groups excluding carboxylic acids is 1. The first-order valence-electron chi connectivity index (χ1n) is 6.76. The summed E-state index contributed by atoms with van der Waals surface area (Å²) >= 11 is 0. The number of aromatic nitrogens is 1. The van der Waals surface area contributed by atoms with Crippen LogP contribution in [-0.2, 0) is 11.3 Å². The third kappa shape index (κ3) is 2.56. The molecule has 2 aromatic rings. The molecular weight excluding hydrogens is 250 g/mol. The maximum absolute atomic E-state index is 12.5. The van der Waals surface area contributed by atoms with Crippen LogP contribution >= 0.6 is 0 Å². The van der Waals surface area contributed by atoms with Gasteiger partial charge in [0.25, 0.3) is 0 Å². The van der Waals surface area contributed by atoms with E-state index in [2.05, 4.69) is 21.7 Å². The summed E-state index contributed by atoms with van der Waals surface area (Å²) in [5.74, 6) is -0.122. The van der Waals surface area contributed by atoms with Crippen LogP contribution in [0.4, 0.5) is 5.69 Å². The molecule has 1 aliphatic rings. The van der Waals surface area contributed by atoms with Crippen LogP contribution in [0.1, 0.15) is 22.7 Å². The molecule has 4 nitrogen and oxygen atoms in total. The van der Waals surface area contributed by atoms with Crippen molar-refractivity contribution >= 4 is 11.6 Å². The van der Waals surface area contributed by atoms with Gasteiger partial charge in [-0.1, -0.05) is 24.3 Å². The molecule has 1 aromatic heterocycles. The third-order valence-corrected chi connectivity index (χ3v) is 3.58. The normalized spacial score (nSPS) is 17.4. The van der Waals surface area contributed by atoms with Gasteiger partial charge in [0.05, 0.1) is 5.92 Å². The molecule has 0 aliphatic carbocycles. The highest BCUT2D eigenvalue weighted by Gasteiger charge is 2.25. The monoisotopic (exact) mass is 267 g/mol. The molecule has 1 aliphatic heterocycles. The minimum absolute atomic E-state index is 0.0234. The number of aryl methyl sites for hydroxylation is 1. The largest absolute Gasteiger partial charge is 0.325 e. The minimum Gasteiger partial charge on any atom is -0.325 e. The van der Waals surface area contributed by atoms with Crippen LogP contribution in [0.5, 0.6) is 0 Å². The first-order valence-corrected chi connectivity index (χ1v) is 6.76. The Bertz CT molecular complexity index is 639. The van der Waals surface area contributed by atoms with E-state index >= 15 is 0 Å². The SMILES string of the molecule is Cc1cc(NC(=O)C2CNCc3ccccc32)ccn1. The molecule has 2 heterocycles. The lowest BCUT2D eigenvalue weighted by Gasteiger charge is -2.25. The number of nitrogens with zero attached hydrogens (tertiary/aromatic N) is 1. The average molecular weight is 267 g/mol. The predicted molar refractivity (Wildman–Crippen MR) is 78.5 cm³/mol. The zero-order valence-corrected chi connectivity index (χ0v) is 11.4. The van der Waals surface area contributed by atoms with Crippen molar-refractivity contribution in [2.24, 2.45) is 0 Å². The molecule has 0 saturated heterocycles. The molecule has 1 amide bonds. The van der Waals surface area contributed by atoms with Gasteiger partial charge in [0.1, 0.15) is 0 Å². The van der Waals surface area contributed by atoms with Gasteiger partial charge in [-0.25, -0.2) is 0 Å². The Morgan fingerprint density at radius 2 is 2.20 bits per heavy atom. The lowest BCUT2D eigenvalue weighted by Crippen LogP contribution is -2.35. The van der Waals surface area contributed by atoms with Gasteiger partial charge in [0.2, 0.25) is 5.91 Å². The van der Waals surface area contributed by atoms with E-state index in [1.54, 1.807) is 6.20 Å². The Hall–Kier alpha value is -2.20. The highest BCUT2D eigenvalue weighted by Crippen LogP contribution is 2.25. The molecular formula is C16H17N3O. The average Bonchev–Trinajstić information content (AvgIpc) is 2.46.